The van der Waals surface area contributed by atoms with E-state index >= 15 is 0 Å². The molecule has 1 N–H and O–H groups in total. The molecule has 1 aliphatic rings. The smallest absolute Gasteiger partial charge is 0.0824 e. The van der Waals surface area contributed by atoms with Gasteiger partial charge in [0.2, 0.25) is 0 Å². The number of rotatable bonds is 5. The summed E-state index contributed by atoms with van der Waals surface area (Å²) in [6.07, 6.45) is 7.24. The maximum Gasteiger partial charge on any atom is 0.0824 e. The first-order valence-electron chi connectivity index (χ1n) is 6.58. The van der Waals surface area contributed by atoms with Crippen LogP contribution in [-0.4, -0.2) is 5.11 Å². The van der Waals surface area contributed by atoms with Gasteiger partial charge in [-0.1, -0.05) is 56.9 Å². The van der Waals surface area contributed by atoms with Gasteiger partial charge in [-0.15, -0.1) is 0 Å². The largest absolute Gasteiger partial charge is 0.388 e. The Hall–Kier alpha value is -0.820. The van der Waals surface area contributed by atoms with Gasteiger partial charge < -0.3 is 5.11 Å². The van der Waals surface area contributed by atoms with E-state index in [9.17, 15) is 5.11 Å². The van der Waals surface area contributed by atoms with Crippen LogP contribution < -0.4 is 0 Å². The maximum absolute atomic E-state index is 10.2. The highest BCUT2D eigenvalue weighted by Gasteiger charge is 2.29. The first-order valence-corrected chi connectivity index (χ1v) is 6.58. The fourth-order valence-corrected chi connectivity index (χ4v) is 2.75. The van der Waals surface area contributed by atoms with E-state index < -0.39 is 0 Å². The predicted octanol–water partition coefficient (Wildman–Crippen LogP) is 3.86. The van der Waals surface area contributed by atoms with Crippen LogP contribution in [0.4, 0.5) is 0 Å². The van der Waals surface area contributed by atoms with Crippen molar-refractivity contribution >= 4 is 0 Å². The molecule has 1 aliphatic carbocycles. The molecule has 88 valence electrons. The third-order valence-electron chi connectivity index (χ3n) is 3.73. The fourth-order valence-electron chi connectivity index (χ4n) is 2.75. The van der Waals surface area contributed by atoms with Gasteiger partial charge in [-0.3, -0.25) is 0 Å². The molecule has 0 spiro atoms. The van der Waals surface area contributed by atoms with Gasteiger partial charge in [-0.05, 0) is 29.9 Å². The predicted molar refractivity (Wildman–Crippen MR) is 67.4 cm³/mol. The molecule has 1 aromatic rings. The SMILES string of the molecule is CCCCCCC1Cc2ccccc2C1O. The molecule has 2 atom stereocenters. The number of aliphatic hydroxyl groups is 1. The number of unbranched alkanes of at least 4 members (excludes halogenated alkanes) is 3. The minimum Gasteiger partial charge on any atom is -0.388 e. The van der Waals surface area contributed by atoms with Gasteiger partial charge >= 0.3 is 0 Å². The number of aliphatic hydroxyl groups excluding tert-OH is 1. The van der Waals surface area contributed by atoms with Crippen molar-refractivity contribution in [3.8, 4) is 0 Å². The lowest BCUT2D eigenvalue weighted by molar-refractivity contribution is 0.116. The van der Waals surface area contributed by atoms with E-state index in [1.807, 2.05) is 6.07 Å². The van der Waals surface area contributed by atoms with Gasteiger partial charge in [0, 0.05) is 0 Å². The molecule has 0 bridgehead atoms. The lowest BCUT2D eigenvalue weighted by Crippen LogP contribution is -2.06. The Morgan fingerprint density at radius 3 is 2.75 bits per heavy atom. The number of hydrogen-bond donors (Lipinski definition) is 1. The van der Waals surface area contributed by atoms with Gasteiger partial charge in [0.25, 0.3) is 0 Å². The summed E-state index contributed by atoms with van der Waals surface area (Å²) >= 11 is 0. The van der Waals surface area contributed by atoms with Crippen molar-refractivity contribution in [1.29, 1.82) is 0 Å². The molecule has 0 heterocycles. The number of benzene rings is 1. The van der Waals surface area contributed by atoms with Crippen LogP contribution in [0.3, 0.4) is 0 Å². The average Bonchev–Trinajstić information content (AvgIpc) is 2.63. The number of fused-ring (bicyclic) bond motifs is 1. The third kappa shape index (κ3) is 2.46. The van der Waals surface area contributed by atoms with Crippen molar-refractivity contribution in [3.05, 3.63) is 35.4 Å². The van der Waals surface area contributed by atoms with Crippen LogP contribution in [0.2, 0.25) is 0 Å². The minimum atomic E-state index is -0.210. The standard InChI is InChI=1S/C15H22O/c1-2-3-4-5-9-13-11-12-8-6-7-10-14(12)15(13)16/h6-8,10,13,15-16H,2-5,9,11H2,1H3. The van der Waals surface area contributed by atoms with E-state index in [1.165, 1.54) is 43.2 Å². The van der Waals surface area contributed by atoms with E-state index in [4.69, 9.17) is 0 Å². The monoisotopic (exact) mass is 218 g/mol. The summed E-state index contributed by atoms with van der Waals surface area (Å²) in [5.41, 5.74) is 2.53. The first kappa shape index (κ1) is 11.7. The maximum atomic E-state index is 10.2. The van der Waals surface area contributed by atoms with Crippen molar-refractivity contribution in [1.82, 2.24) is 0 Å². The molecule has 0 aromatic heterocycles. The summed E-state index contributed by atoms with van der Waals surface area (Å²) in [7, 11) is 0. The molecule has 0 saturated heterocycles. The molecule has 2 rings (SSSR count). The normalized spacial score (nSPS) is 23.4. The van der Waals surface area contributed by atoms with Gasteiger partial charge in [0.1, 0.15) is 0 Å². The molecule has 0 saturated carbocycles. The Morgan fingerprint density at radius 2 is 2.00 bits per heavy atom. The van der Waals surface area contributed by atoms with Crippen LogP contribution in [-0.2, 0) is 6.42 Å². The molecule has 1 aromatic carbocycles. The van der Waals surface area contributed by atoms with E-state index in [1.54, 1.807) is 0 Å². The zero-order valence-electron chi connectivity index (χ0n) is 10.2. The molecule has 0 radical (unpaired) electrons. The summed E-state index contributed by atoms with van der Waals surface area (Å²) < 4.78 is 0. The highest BCUT2D eigenvalue weighted by Crippen LogP contribution is 2.38. The molecule has 16 heavy (non-hydrogen) atoms. The molecule has 0 aliphatic heterocycles. The molecular weight excluding hydrogens is 196 g/mol. The van der Waals surface area contributed by atoms with Crippen molar-refractivity contribution < 1.29 is 5.11 Å². The number of hydrogen-bond acceptors (Lipinski definition) is 1. The summed E-state index contributed by atoms with van der Waals surface area (Å²) in [4.78, 5) is 0. The Labute approximate surface area is 98.5 Å². The summed E-state index contributed by atoms with van der Waals surface area (Å²) in [6.45, 7) is 2.24. The van der Waals surface area contributed by atoms with Crippen molar-refractivity contribution in [2.45, 2.75) is 51.6 Å². The van der Waals surface area contributed by atoms with E-state index in [0.717, 1.165) is 6.42 Å². The lowest BCUT2D eigenvalue weighted by Gasteiger charge is -2.14. The second kappa shape index (κ2) is 5.49. The Morgan fingerprint density at radius 1 is 1.19 bits per heavy atom. The van der Waals surface area contributed by atoms with Crippen molar-refractivity contribution in [2.24, 2.45) is 5.92 Å². The highest BCUT2D eigenvalue weighted by atomic mass is 16.3. The van der Waals surface area contributed by atoms with Crippen LogP contribution in [0.5, 0.6) is 0 Å². The highest BCUT2D eigenvalue weighted by molar-refractivity contribution is 5.34. The Balaban J connectivity index is 1.87. The quantitative estimate of drug-likeness (QED) is 0.744. The van der Waals surface area contributed by atoms with Gasteiger partial charge in [0.15, 0.2) is 0 Å². The van der Waals surface area contributed by atoms with Crippen LogP contribution in [0.25, 0.3) is 0 Å². The third-order valence-corrected chi connectivity index (χ3v) is 3.73. The molecule has 0 fully saturated rings. The molecule has 1 heteroatoms. The molecule has 2 unspecified atom stereocenters. The van der Waals surface area contributed by atoms with Gasteiger partial charge in [-0.2, -0.15) is 0 Å². The lowest BCUT2D eigenvalue weighted by atomic mass is 9.96. The van der Waals surface area contributed by atoms with E-state index in [2.05, 4.69) is 25.1 Å². The van der Waals surface area contributed by atoms with Crippen molar-refractivity contribution in [2.75, 3.05) is 0 Å². The molecule has 1 nitrogen and oxygen atoms in total. The van der Waals surface area contributed by atoms with Gasteiger partial charge in [0.05, 0.1) is 6.10 Å². The first-order chi connectivity index (χ1) is 7.83. The van der Waals surface area contributed by atoms with E-state index in [-0.39, 0.29) is 6.10 Å². The molecular formula is C15H22O. The van der Waals surface area contributed by atoms with E-state index in [0.29, 0.717) is 5.92 Å². The topological polar surface area (TPSA) is 20.2 Å². The van der Waals surface area contributed by atoms with Crippen LogP contribution in [0.1, 0.15) is 56.3 Å². The Kier molecular flexibility index (Phi) is 4.00. The summed E-state index contributed by atoms with van der Waals surface area (Å²) in [5.74, 6) is 0.467. The average molecular weight is 218 g/mol. The second-order valence-electron chi connectivity index (χ2n) is 4.96. The zero-order chi connectivity index (χ0) is 11.4. The Bertz CT molecular complexity index is 332. The summed E-state index contributed by atoms with van der Waals surface area (Å²) in [6, 6.07) is 8.34. The van der Waals surface area contributed by atoms with Crippen LogP contribution in [0, 0.1) is 5.92 Å². The van der Waals surface area contributed by atoms with Gasteiger partial charge in [-0.25, -0.2) is 0 Å². The van der Waals surface area contributed by atoms with Crippen molar-refractivity contribution in [3.63, 3.8) is 0 Å². The summed E-state index contributed by atoms with van der Waals surface area (Å²) in [5, 5.41) is 10.2. The fraction of sp³-hybridized carbons (Fsp3) is 0.600. The van der Waals surface area contributed by atoms with Crippen LogP contribution >= 0.6 is 0 Å². The second-order valence-corrected chi connectivity index (χ2v) is 4.96. The molecule has 0 amide bonds. The minimum absolute atomic E-state index is 0.210. The zero-order valence-corrected chi connectivity index (χ0v) is 10.2. The van der Waals surface area contributed by atoms with Crippen LogP contribution in [0.15, 0.2) is 24.3 Å².